The van der Waals surface area contributed by atoms with E-state index in [4.69, 9.17) is 5.11 Å². The smallest absolute Gasteiger partial charge is 0.279 e. The highest BCUT2D eigenvalue weighted by atomic mass is 16.3. The number of rotatable bonds is 6. The zero-order chi connectivity index (χ0) is 15.3. The van der Waals surface area contributed by atoms with Gasteiger partial charge in [-0.3, -0.25) is 9.59 Å². The minimum Gasteiger partial charge on any atom is -0.395 e. The maximum absolute atomic E-state index is 12.6. The molecule has 1 N–H and O–H groups in total. The number of aryl methyl sites for hydroxylation is 2. The zero-order valence-electron chi connectivity index (χ0n) is 12.6. The molecule has 1 aromatic rings. The molecule has 0 fully saturated rings. The molecule has 0 spiro atoms. The van der Waals surface area contributed by atoms with Gasteiger partial charge < -0.3 is 10.0 Å². The number of hydrogen-bond donors (Lipinski definition) is 1. The van der Waals surface area contributed by atoms with Crippen LogP contribution in [0.25, 0.3) is 0 Å². The second-order valence-electron chi connectivity index (χ2n) is 4.88. The van der Waals surface area contributed by atoms with Crippen LogP contribution < -0.4 is 5.56 Å². The lowest BCUT2D eigenvalue weighted by Gasteiger charge is -2.22. The minimum atomic E-state index is -0.391. The van der Waals surface area contributed by atoms with Crippen molar-refractivity contribution >= 4 is 5.91 Å². The van der Waals surface area contributed by atoms with Crippen LogP contribution in [0.4, 0.5) is 0 Å². The lowest BCUT2D eigenvalue weighted by molar-refractivity contribution is 0.0715. The number of aliphatic hydroxyl groups excluding tert-OH is 1. The van der Waals surface area contributed by atoms with Crippen molar-refractivity contribution in [3.05, 3.63) is 27.2 Å². The predicted octanol–water partition coefficient (Wildman–Crippen LogP) is 0.632. The van der Waals surface area contributed by atoms with Gasteiger partial charge in [0.15, 0.2) is 0 Å². The van der Waals surface area contributed by atoms with Crippen molar-refractivity contribution in [2.24, 2.45) is 7.05 Å². The number of hydrogen-bond acceptors (Lipinski definition) is 4. The molecule has 0 unspecified atom stereocenters. The molecule has 6 nitrogen and oxygen atoms in total. The summed E-state index contributed by atoms with van der Waals surface area (Å²) in [5.74, 6) is -0.323. The molecule has 6 heteroatoms. The summed E-state index contributed by atoms with van der Waals surface area (Å²) in [5, 5.41) is 13.2. The highest BCUT2D eigenvalue weighted by molar-refractivity contribution is 5.95. The molecule has 0 aliphatic carbocycles. The fourth-order valence-electron chi connectivity index (χ4n) is 2.04. The molecule has 0 aliphatic heterocycles. The summed E-state index contributed by atoms with van der Waals surface area (Å²) in [4.78, 5) is 26.3. The van der Waals surface area contributed by atoms with Gasteiger partial charge in [0.1, 0.15) is 5.56 Å². The van der Waals surface area contributed by atoms with E-state index in [0.29, 0.717) is 17.8 Å². The fraction of sp³-hybridized carbons (Fsp3) is 0.643. The quantitative estimate of drug-likeness (QED) is 0.830. The average Bonchev–Trinajstić information content (AvgIpc) is 2.41. The topological polar surface area (TPSA) is 75.4 Å². The number of amides is 1. The number of unbranched alkanes of at least 4 members (excludes halogenated alkanes) is 1. The Morgan fingerprint density at radius 2 is 2.00 bits per heavy atom. The number of nitrogens with zero attached hydrogens (tertiary/aromatic N) is 3. The molecule has 0 saturated carbocycles. The van der Waals surface area contributed by atoms with E-state index in [1.807, 2.05) is 6.92 Å². The van der Waals surface area contributed by atoms with Crippen LogP contribution in [0.15, 0.2) is 4.79 Å². The maximum atomic E-state index is 12.6. The van der Waals surface area contributed by atoms with E-state index in [1.165, 1.54) is 16.6 Å². The summed E-state index contributed by atoms with van der Waals surface area (Å²) in [7, 11) is 1.54. The van der Waals surface area contributed by atoms with Crippen LogP contribution in [-0.4, -0.2) is 45.4 Å². The molecule has 0 radical (unpaired) electrons. The molecule has 0 saturated heterocycles. The molecule has 0 aromatic carbocycles. The molecule has 0 aliphatic rings. The lowest BCUT2D eigenvalue weighted by atomic mass is 10.1. The fourth-order valence-corrected chi connectivity index (χ4v) is 2.04. The molecule has 112 valence electrons. The van der Waals surface area contributed by atoms with Crippen LogP contribution >= 0.6 is 0 Å². The summed E-state index contributed by atoms with van der Waals surface area (Å²) < 4.78 is 1.19. The summed E-state index contributed by atoms with van der Waals surface area (Å²) in [6.45, 7) is 6.20. The first-order chi connectivity index (χ1) is 9.43. The van der Waals surface area contributed by atoms with Gasteiger partial charge in [-0.1, -0.05) is 13.3 Å². The van der Waals surface area contributed by atoms with Crippen molar-refractivity contribution in [3.8, 4) is 0 Å². The Kier molecular flexibility index (Phi) is 5.88. The van der Waals surface area contributed by atoms with E-state index in [2.05, 4.69) is 5.10 Å². The second kappa shape index (κ2) is 7.19. The number of carbonyl (C=O) groups excluding carboxylic acids is 1. The Labute approximate surface area is 119 Å². The van der Waals surface area contributed by atoms with Crippen molar-refractivity contribution in [3.63, 3.8) is 0 Å². The maximum Gasteiger partial charge on any atom is 0.279 e. The van der Waals surface area contributed by atoms with Gasteiger partial charge in [0, 0.05) is 20.1 Å². The summed E-state index contributed by atoms with van der Waals surface area (Å²) in [5.41, 5.74) is 1.04. The standard InChI is InChI=1S/C14H23N3O3/c1-5-6-7-17(8-9-18)14(20)12-10(2)11(3)15-16(4)13(12)19/h18H,5-9H2,1-4H3. The Balaban J connectivity index is 3.21. The summed E-state index contributed by atoms with van der Waals surface area (Å²) in [6.07, 6.45) is 1.79. The van der Waals surface area contributed by atoms with Crippen LogP contribution in [0.3, 0.4) is 0 Å². The van der Waals surface area contributed by atoms with Crippen LogP contribution in [0.1, 0.15) is 41.4 Å². The number of carbonyl (C=O) groups is 1. The molecule has 1 heterocycles. The molecule has 1 aromatic heterocycles. The van der Waals surface area contributed by atoms with Gasteiger partial charge in [0.05, 0.1) is 12.3 Å². The van der Waals surface area contributed by atoms with Gasteiger partial charge in [0.2, 0.25) is 0 Å². The van der Waals surface area contributed by atoms with Gasteiger partial charge in [-0.15, -0.1) is 0 Å². The largest absolute Gasteiger partial charge is 0.395 e. The first-order valence-electron chi connectivity index (χ1n) is 6.88. The lowest BCUT2D eigenvalue weighted by Crippen LogP contribution is -2.40. The Hall–Kier alpha value is -1.69. The van der Waals surface area contributed by atoms with Gasteiger partial charge >= 0.3 is 0 Å². The molecular weight excluding hydrogens is 258 g/mol. The first-order valence-corrected chi connectivity index (χ1v) is 6.88. The van der Waals surface area contributed by atoms with Gasteiger partial charge in [-0.05, 0) is 25.8 Å². The van der Waals surface area contributed by atoms with E-state index in [0.717, 1.165) is 12.8 Å². The predicted molar refractivity (Wildman–Crippen MR) is 76.8 cm³/mol. The Morgan fingerprint density at radius 3 is 2.55 bits per heavy atom. The SMILES string of the molecule is CCCCN(CCO)C(=O)c1c(C)c(C)nn(C)c1=O. The van der Waals surface area contributed by atoms with E-state index >= 15 is 0 Å². The average molecular weight is 281 g/mol. The molecule has 0 bridgehead atoms. The molecule has 20 heavy (non-hydrogen) atoms. The van der Waals surface area contributed by atoms with Crippen LogP contribution in [-0.2, 0) is 7.05 Å². The second-order valence-corrected chi connectivity index (χ2v) is 4.88. The highest BCUT2D eigenvalue weighted by Gasteiger charge is 2.22. The van der Waals surface area contributed by atoms with E-state index in [9.17, 15) is 9.59 Å². The molecular formula is C14H23N3O3. The van der Waals surface area contributed by atoms with Crippen LogP contribution in [0.2, 0.25) is 0 Å². The molecule has 1 rings (SSSR count). The monoisotopic (exact) mass is 281 g/mol. The van der Waals surface area contributed by atoms with Crippen LogP contribution in [0, 0.1) is 13.8 Å². The number of aliphatic hydroxyl groups is 1. The van der Waals surface area contributed by atoms with Crippen LogP contribution in [0.5, 0.6) is 0 Å². The van der Waals surface area contributed by atoms with Gasteiger partial charge in [-0.2, -0.15) is 5.10 Å². The molecule has 0 atom stereocenters. The number of aromatic nitrogens is 2. The Morgan fingerprint density at radius 1 is 1.35 bits per heavy atom. The minimum absolute atomic E-state index is 0.112. The third-order valence-electron chi connectivity index (χ3n) is 3.38. The van der Waals surface area contributed by atoms with Crippen molar-refractivity contribution in [2.75, 3.05) is 19.7 Å². The van der Waals surface area contributed by atoms with Gasteiger partial charge in [0.25, 0.3) is 11.5 Å². The first kappa shape index (κ1) is 16.4. The van der Waals surface area contributed by atoms with Crippen molar-refractivity contribution in [1.82, 2.24) is 14.7 Å². The van der Waals surface area contributed by atoms with Crippen molar-refractivity contribution < 1.29 is 9.90 Å². The zero-order valence-corrected chi connectivity index (χ0v) is 12.6. The third-order valence-corrected chi connectivity index (χ3v) is 3.38. The van der Waals surface area contributed by atoms with E-state index in [-0.39, 0.29) is 24.6 Å². The van der Waals surface area contributed by atoms with Crippen molar-refractivity contribution in [1.29, 1.82) is 0 Å². The summed E-state index contributed by atoms with van der Waals surface area (Å²) in [6, 6.07) is 0. The van der Waals surface area contributed by atoms with E-state index in [1.54, 1.807) is 13.8 Å². The normalized spacial score (nSPS) is 10.7. The van der Waals surface area contributed by atoms with Crippen molar-refractivity contribution in [2.45, 2.75) is 33.6 Å². The van der Waals surface area contributed by atoms with Gasteiger partial charge in [-0.25, -0.2) is 4.68 Å². The van der Waals surface area contributed by atoms with E-state index < -0.39 is 5.56 Å². The highest BCUT2D eigenvalue weighted by Crippen LogP contribution is 2.10. The third kappa shape index (κ3) is 3.45. The molecule has 1 amide bonds. The Bertz CT molecular complexity index is 537. The summed E-state index contributed by atoms with van der Waals surface area (Å²) >= 11 is 0.